The molecule has 0 aliphatic carbocycles. The lowest BCUT2D eigenvalue weighted by molar-refractivity contribution is -0.160. The molecular weight excluding hydrogens is 394 g/mol. The molecule has 0 aromatic heterocycles. The van der Waals surface area contributed by atoms with Gasteiger partial charge in [0.15, 0.2) is 0 Å². The van der Waals surface area contributed by atoms with Gasteiger partial charge in [-0.1, -0.05) is 26.0 Å². The first-order valence-corrected chi connectivity index (χ1v) is 9.54. The maximum Gasteiger partial charge on any atom is 0.330 e. The van der Waals surface area contributed by atoms with Crippen LogP contribution in [0, 0.1) is 5.92 Å². The Morgan fingerprint density at radius 1 is 0.933 bits per heavy atom. The van der Waals surface area contributed by atoms with Crippen LogP contribution in [0.4, 0.5) is 0 Å². The van der Waals surface area contributed by atoms with Crippen molar-refractivity contribution in [3.63, 3.8) is 0 Å². The Bertz CT molecular complexity index is 749. The largest absolute Gasteiger partial charge is 0.480 e. The number of rotatable bonds is 11. The van der Waals surface area contributed by atoms with E-state index in [2.05, 4.69) is 4.74 Å². The predicted octanol–water partition coefficient (Wildman–Crippen LogP) is 0.0971. The summed E-state index contributed by atoms with van der Waals surface area (Å²) in [5.74, 6) is -3.04. The number of hydrogen-bond acceptors (Lipinski definition) is 9. The minimum absolute atomic E-state index is 0.0852. The van der Waals surface area contributed by atoms with Crippen molar-refractivity contribution >= 4 is 23.9 Å². The molecule has 0 saturated carbocycles. The molecule has 0 aliphatic heterocycles. The highest BCUT2D eigenvalue weighted by Gasteiger charge is 2.21. The fourth-order valence-corrected chi connectivity index (χ4v) is 2.46. The van der Waals surface area contributed by atoms with E-state index in [1.54, 1.807) is 24.3 Å². The summed E-state index contributed by atoms with van der Waals surface area (Å²) in [5, 5.41) is 8.66. The zero-order valence-electron chi connectivity index (χ0n) is 17.1. The van der Waals surface area contributed by atoms with Gasteiger partial charge in [0, 0.05) is 6.42 Å². The molecule has 0 bridgehead atoms. The first-order valence-electron chi connectivity index (χ1n) is 9.54. The Balaban J connectivity index is 2.50. The summed E-state index contributed by atoms with van der Waals surface area (Å²) < 4.78 is 9.83. The molecule has 1 rings (SSSR count). The second-order valence-electron chi connectivity index (χ2n) is 7.39. The van der Waals surface area contributed by atoms with Crippen molar-refractivity contribution in [2.75, 3.05) is 0 Å². The van der Waals surface area contributed by atoms with Crippen LogP contribution in [0.3, 0.4) is 0 Å². The van der Waals surface area contributed by atoms with Crippen LogP contribution in [0.5, 0.6) is 5.75 Å². The molecule has 0 aliphatic rings. The summed E-state index contributed by atoms with van der Waals surface area (Å²) in [6.07, 6.45) is 0.124. The van der Waals surface area contributed by atoms with E-state index in [9.17, 15) is 19.2 Å². The molecule has 0 fully saturated rings. The molecule has 0 amide bonds. The number of carbonyl (C=O) groups excluding carboxylic acids is 3. The number of aliphatic carboxylic acids is 1. The highest BCUT2D eigenvalue weighted by atomic mass is 16.6. The number of benzene rings is 1. The van der Waals surface area contributed by atoms with Gasteiger partial charge < -0.3 is 31.8 Å². The highest BCUT2D eigenvalue weighted by Crippen LogP contribution is 2.15. The quantitative estimate of drug-likeness (QED) is 0.216. The second kappa shape index (κ2) is 12.0. The molecule has 3 atom stereocenters. The lowest BCUT2D eigenvalue weighted by atomic mass is 10.0. The molecule has 10 nitrogen and oxygen atoms in total. The maximum absolute atomic E-state index is 11.9. The van der Waals surface area contributed by atoms with E-state index in [0.717, 1.165) is 0 Å². The minimum Gasteiger partial charge on any atom is -0.480 e. The molecule has 0 unspecified atom stereocenters. The van der Waals surface area contributed by atoms with Crippen LogP contribution < -0.4 is 21.9 Å². The summed E-state index contributed by atoms with van der Waals surface area (Å²) in [6.45, 7) is 3.91. The Labute approximate surface area is 174 Å². The Morgan fingerprint density at radius 2 is 1.53 bits per heavy atom. The number of hydrogen-bond donors (Lipinski definition) is 4. The molecule has 0 spiro atoms. The molecular formula is C20H29N3O7. The third kappa shape index (κ3) is 9.12. The van der Waals surface area contributed by atoms with Crippen molar-refractivity contribution in [3.05, 3.63) is 29.8 Å². The summed E-state index contributed by atoms with van der Waals surface area (Å²) in [7, 11) is 0. The van der Waals surface area contributed by atoms with Gasteiger partial charge in [0.05, 0.1) is 0 Å². The fourth-order valence-electron chi connectivity index (χ4n) is 2.46. The van der Waals surface area contributed by atoms with Crippen molar-refractivity contribution < 1.29 is 33.8 Å². The monoisotopic (exact) mass is 423 g/mol. The average Bonchev–Trinajstić information content (AvgIpc) is 2.66. The molecule has 0 radical (unpaired) electrons. The van der Waals surface area contributed by atoms with Gasteiger partial charge in [-0.3, -0.25) is 9.59 Å². The van der Waals surface area contributed by atoms with E-state index in [0.29, 0.717) is 17.7 Å². The fraction of sp³-hybridized carbons (Fsp3) is 0.500. The average molecular weight is 423 g/mol. The van der Waals surface area contributed by atoms with Crippen molar-refractivity contribution in [2.45, 2.75) is 57.7 Å². The molecule has 10 heteroatoms. The van der Waals surface area contributed by atoms with Crippen LogP contribution in [-0.4, -0.2) is 47.1 Å². The van der Waals surface area contributed by atoms with Crippen LogP contribution in [0.15, 0.2) is 24.3 Å². The number of nitrogens with two attached hydrogens (primary N) is 3. The Morgan fingerprint density at radius 3 is 2.07 bits per heavy atom. The van der Waals surface area contributed by atoms with Gasteiger partial charge >= 0.3 is 23.9 Å². The van der Waals surface area contributed by atoms with Crippen LogP contribution in [-0.2, 0) is 30.3 Å². The van der Waals surface area contributed by atoms with Gasteiger partial charge in [0.25, 0.3) is 0 Å². The smallest absolute Gasteiger partial charge is 0.330 e. The lowest BCUT2D eigenvalue weighted by Crippen LogP contribution is -2.36. The van der Waals surface area contributed by atoms with Crippen molar-refractivity contribution in [2.24, 2.45) is 23.1 Å². The van der Waals surface area contributed by atoms with Crippen molar-refractivity contribution in [1.29, 1.82) is 0 Å². The molecule has 30 heavy (non-hydrogen) atoms. The van der Waals surface area contributed by atoms with E-state index < -0.39 is 42.0 Å². The summed E-state index contributed by atoms with van der Waals surface area (Å²) in [5.41, 5.74) is 17.5. The van der Waals surface area contributed by atoms with E-state index in [4.69, 9.17) is 27.0 Å². The zero-order chi connectivity index (χ0) is 22.8. The second-order valence-corrected chi connectivity index (χ2v) is 7.39. The normalized spacial score (nSPS) is 13.9. The first-order chi connectivity index (χ1) is 14.0. The van der Waals surface area contributed by atoms with Crippen LogP contribution in [0.2, 0.25) is 0 Å². The van der Waals surface area contributed by atoms with Crippen molar-refractivity contribution in [1.82, 2.24) is 0 Å². The molecule has 1 aromatic carbocycles. The van der Waals surface area contributed by atoms with Gasteiger partial charge in [-0.15, -0.1) is 0 Å². The molecule has 0 heterocycles. The number of carboxylic acids is 1. The molecule has 7 N–H and O–H groups in total. The van der Waals surface area contributed by atoms with Gasteiger partial charge in [-0.05, 0) is 42.9 Å². The minimum atomic E-state index is -1.25. The number of esters is 3. The number of ether oxygens (including phenoxy) is 2. The van der Waals surface area contributed by atoms with Crippen molar-refractivity contribution in [3.8, 4) is 5.75 Å². The Kier molecular flexibility index (Phi) is 10.1. The first kappa shape index (κ1) is 25.2. The van der Waals surface area contributed by atoms with E-state index in [1.807, 2.05) is 13.8 Å². The summed E-state index contributed by atoms with van der Waals surface area (Å²) >= 11 is 0. The molecule has 166 valence electrons. The third-order valence-corrected chi connectivity index (χ3v) is 4.12. The van der Waals surface area contributed by atoms with Crippen LogP contribution >= 0.6 is 0 Å². The topological polar surface area (TPSA) is 185 Å². The maximum atomic E-state index is 11.9. The van der Waals surface area contributed by atoms with E-state index in [1.165, 1.54) is 0 Å². The van der Waals surface area contributed by atoms with Gasteiger partial charge in [-0.25, -0.2) is 9.59 Å². The lowest BCUT2D eigenvalue weighted by Gasteiger charge is -2.14. The number of carboxylic acid groups (broad SMARTS) is 1. The summed E-state index contributed by atoms with van der Waals surface area (Å²) in [6, 6.07) is 3.31. The zero-order valence-corrected chi connectivity index (χ0v) is 17.1. The van der Waals surface area contributed by atoms with Crippen LogP contribution in [0.1, 0.15) is 38.7 Å². The predicted molar refractivity (Wildman–Crippen MR) is 107 cm³/mol. The van der Waals surface area contributed by atoms with Gasteiger partial charge in [0.1, 0.15) is 23.9 Å². The van der Waals surface area contributed by atoms with Crippen LogP contribution in [0.25, 0.3) is 0 Å². The van der Waals surface area contributed by atoms with E-state index in [-0.39, 0.29) is 25.2 Å². The van der Waals surface area contributed by atoms with Gasteiger partial charge in [-0.2, -0.15) is 0 Å². The third-order valence-electron chi connectivity index (χ3n) is 4.12. The SMILES string of the molecule is CC(C)C[C@H](N)C(=O)Oc1ccc(C[C@H](N)C(=O)OC(=O)CC[C@@H](N)C(=O)O)cc1. The molecule has 1 aromatic rings. The summed E-state index contributed by atoms with van der Waals surface area (Å²) in [4.78, 5) is 46.1. The number of carbonyl (C=O) groups is 4. The highest BCUT2D eigenvalue weighted by molar-refractivity contribution is 5.88. The van der Waals surface area contributed by atoms with E-state index >= 15 is 0 Å². The Hall–Kier alpha value is -2.82. The van der Waals surface area contributed by atoms with Gasteiger partial charge in [0.2, 0.25) is 0 Å². The standard InChI is InChI=1S/C20H29N3O7/c1-11(2)9-15(22)19(27)29-13-5-3-12(4-6-13)10-16(23)20(28)30-17(24)8-7-14(21)18(25)26/h3-6,11,14-16H,7-10,21-23H2,1-2H3,(H,25,26)/t14-,15+,16+/m1/s1. The molecule has 0 saturated heterocycles.